The molecule has 75 valence electrons. The summed E-state index contributed by atoms with van der Waals surface area (Å²) in [7, 11) is 0. The summed E-state index contributed by atoms with van der Waals surface area (Å²) in [6.45, 7) is 0. The number of nitro benzene ring substituents is 1. The number of hydrogen-bond acceptors (Lipinski definition) is 3. The monoisotopic (exact) mass is 204 g/mol. The van der Waals surface area contributed by atoms with Gasteiger partial charge in [-0.1, -0.05) is 6.07 Å². The summed E-state index contributed by atoms with van der Waals surface area (Å²) in [5, 5.41) is 22.0. The molecule has 0 aliphatic carbocycles. The van der Waals surface area contributed by atoms with Crippen LogP contribution in [0.25, 0.3) is 5.69 Å². The van der Waals surface area contributed by atoms with Gasteiger partial charge in [0.1, 0.15) is 5.69 Å². The van der Waals surface area contributed by atoms with Crippen LogP contribution in [0.15, 0.2) is 36.9 Å². The van der Waals surface area contributed by atoms with Gasteiger partial charge < -0.3 is 4.57 Å². The second-order valence-corrected chi connectivity index (χ2v) is 2.85. The smallest absolute Gasteiger partial charge is 0.300 e. The number of nitro groups is 1. The van der Waals surface area contributed by atoms with Crippen molar-refractivity contribution in [3.8, 4) is 11.4 Å². The molecule has 1 aromatic heterocycles. The predicted molar refractivity (Wildman–Crippen MR) is 50.4 cm³/mol. The van der Waals surface area contributed by atoms with Gasteiger partial charge in [0.15, 0.2) is 0 Å². The summed E-state index contributed by atoms with van der Waals surface area (Å²) in [5.41, 5.74) is -0.208. The first-order chi connectivity index (χ1) is 7.20. The van der Waals surface area contributed by atoms with E-state index in [9.17, 15) is 15.2 Å². The number of hydrogen-bond donors (Lipinski definition) is 0. The fraction of sp³-hybridized carbons (Fsp3) is 0. The van der Waals surface area contributed by atoms with Crippen LogP contribution in [0.3, 0.4) is 0 Å². The number of aromatic nitrogens is 2. The minimum atomic E-state index is -0.683. The fourth-order valence-electron chi connectivity index (χ4n) is 1.30. The second-order valence-electron chi connectivity index (χ2n) is 2.85. The van der Waals surface area contributed by atoms with E-state index in [4.69, 9.17) is 0 Å². The molecular weight excluding hydrogens is 198 g/mol. The quantitative estimate of drug-likeness (QED) is 0.553. The molecule has 1 aromatic carbocycles. The molecule has 0 aliphatic rings. The lowest BCUT2D eigenvalue weighted by Crippen LogP contribution is -1.97. The van der Waals surface area contributed by atoms with Gasteiger partial charge in [-0.2, -0.15) is 0 Å². The molecule has 15 heavy (non-hydrogen) atoms. The van der Waals surface area contributed by atoms with Crippen molar-refractivity contribution in [2.45, 2.75) is 0 Å². The van der Waals surface area contributed by atoms with E-state index in [0.717, 1.165) is 0 Å². The van der Waals surface area contributed by atoms with Crippen molar-refractivity contribution in [2.24, 2.45) is 0 Å². The first-order valence-corrected chi connectivity index (χ1v) is 4.13. The number of nitrogens with zero attached hydrogens (tertiary/aromatic N) is 3. The SMILES string of the molecule is [O]c1cccc(-n2ccnc2)c1[N+](=O)[O-]. The van der Waals surface area contributed by atoms with Crippen molar-refractivity contribution in [2.75, 3.05) is 0 Å². The van der Waals surface area contributed by atoms with Crippen LogP contribution in [-0.4, -0.2) is 14.5 Å². The number of para-hydroxylation sites is 1. The van der Waals surface area contributed by atoms with E-state index >= 15 is 0 Å². The second kappa shape index (κ2) is 3.41. The molecule has 2 rings (SSSR count). The zero-order valence-electron chi connectivity index (χ0n) is 7.53. The summed E-state index contributed by atoms with van der Waals surface area (Å²) < 4.78 is 1.43. The highest BCUT2D eigenvalue weighted by Crippen LogP contribution is 2.32. The van der Waals surface area contributed by atoms with Gasteiger partial charge in [0.2, 0.25) is 0 Å². The average Bonchev–Trinajstić information content (AvgIpc) is 2.69. The van der Waals surface area contributed by atoms with Crippen LogP contribution in [0.4, 0.5) is 5.69 Å². The van der Waals surface area contributed by atoms with E-state index in [2.05, 4.69) is 4.98 Å². The Hall–Kier alpha value is -2.37. The molecule has 6 nitrogen and oxygen atoms in total. The molecular formula is C9H6N3O3. The molecule has 0 spiro atoms. The summed E-state index contributed by atoms with van der Waals surface area (Å²) in [5.74, 6) is -0.605. The fourth-order valence-corrected chi connectivity index (χ4v) is 1.30. The van der Waals surface area contributed by atoms with E-state index in [-0.39, 0.29) is 5.69 Å². The summed E-state index contributed by atoms with van der Waals surface area (Å²) >= 11 is 0. The van der Waals surface area contributed by atoms with Gasteiger partial charge in [-0.05, 0) is 12.1 Å². The normalized spacial score (nSPS) is 10.1. The van der Waals surface area contributed by atoms with Gasteiger partial charge in [-0.25, -0.2) is 4.98 Å². The molecule has 0 atom stereocenters. The molecule has 0 saturated carbocycles. The highest BCUT2D eigenvalue weighted by Gasteiger charge is 2.21. The largest absolute Gasteiger partial charge is 0.340 e. The van der Waals surface area contributed by atoms with Gasteiger partial charge in [0, 0.05) is 12.4 Å². The highest BCUT2D eigenvalue weighted by molar-refractivity contribution is 5.60. The third kappa shape index (κ3) is 1.52. The lowest BCUT2D eigenvalue weighted by Gasteiger charge is -2.02. The van der Waals surface area contributed by atoms with Crippen molar-refractivity contribution < 1.29 is 10.0 Å². The molecule has 0 aliphatic heterocycles. The van der Waals surface area contributed by atoms with E-state index < -0.39 is 16.4 Å². The lowest BCUT2D eigenvalue weighted by molar-refractivity contribution is -0.386. The third-order valence-electron chi connectivity index (χ3n) is 1.94. The Morgan fingerprint density at radius 3 is 2.80 bits per heavy atom. The van der Waals surface area contributed by atoms with Crippen LogP contribution >= 0.6 is 0 Å². The molecule has 1 radical (unpaired) electrons. The average molecular weight is 204 g/mol. The van der Waals surface area contributed by atoms with Crippen LogP contribution < -0.4 is 0 Å². The van der Waals surface area contributed by atoms with Crippen molar-refractivity contribution in [1.82, 2.24) is 9.55 Å². The number of imidazole rings is 1. The van der Waals surface area contributed by atoms with Crippen LogP contribution in [0, 0.1) is 10.1 Å². The maximum Gasteiger partial charge on any atom is 0.340 e. The predicted octanol–water partition coefficient (Wildman–Crippen LogP) is 1.92. The van der Waals surface area contributed by atoms with Gasteiger partial charge in [0.05, 0.1) is 11.3 Å². The van der Waals surface area contributed by atoms with Crippen molar-refractivity contribution in [3.63, 3.8) is 0 Å². The Labute approximate surface area is 84.6 Å². The summed E-state index contributed by atoms with van der Waals surface area (Å²) in [6.07, 6.45) is 4.44. The Morgan fingerprint density at radius 2 is 2.20 bits per heavy atom. The minimum Gasteiger partial charge on any atom is -0.300 e. The summed E-state index contributed by atoms with van der Waals surface area (Å²) in [6, 6.07) is 4.14. The topological polar surface area (TPSA) is 80.9 Å². The molecule has 0 amide bonds. The molecule has 6 heteroatoms. The molecule has 0 fully saturated rings. The lowest BCUT2D eigenvalue weighted by atomic mass is 10.2. The molecule has 0 bridgehead atoms. The molecule has 0 N–H and O–H groups in total. The van der Waals surface area contributed by atoms with Crippen molar-refractivity contribution in [1.29, 1.82) is 0 Å². The van der Waals surface area contributed by atoms with Crippen LogP contribution in [0.1, 0.15) is 0 Å². The molecule has 0 saturated heterocycles. The van der Waals surface area contributed by atoms with Gasteiger partial charge in [0.25, 0.3) is 5.75 Å². The van der Waals surface area contributed by atoms with E-state index in [1.54, 1.807) is 6.20 Å². The van der Waals surface area contributed by atoms with Crippen LogP contribution in [0.5, 0.6) is 5.75 Å². The van der Waals surface area contributed by atoms with Crippen LogP contribution in [0.2, 0.25) is 0 Å². The minimum absolute atomic E-state index is 0.227. The maximum absolute atomic E-state index is 11.3. The Balaban J connectivity index is 2.66. The Kier molecular flexibility index (Phi) is 2.09. The highest BCUT2D eigenvalue weighted by atomic mass is 16.6. The zero-order valence-corrected chi connectivity index (χ0v) is 7.53. The molecule has 1 heterocycles. The first-order valence-electron chi connectivity index (χ1n) is 4.13. The third-order valence-corrected chi connectivity index (χ3v) is 1.94. The van der Waals surface area contributed by atoms with E-state index in [0.29, 0.717) is 0 Å². The van der Waals surface area contributed by atoms with Gasteiger partial charge in [-0.15, -0.1) is 0 Å². The van der Waals surface area contributed by atoms with Crippen LogP contribution in [-0.2, 0) is 5.11 Å². The maximum atomic E-state index is 11.3. The Morgan fingerprint density at radius 1 is 1.40 bits per heavy atom. The molecule has 0 unspecified atom stereocenters. The summed E-state index contributed by atoms with van der Waals surface area (Å²) in [4.78, 5) is 13.8. The molecule has 2 aromatic rings. The van der Waals surface area contributed by atoms with E-state index in [1.807, 2.05) is 0 Å². The van der Waals surface area contributed by atoms with Crippen molar-refractivity contribution in [3.05, 3.63) is 47.0 Å². The van der Waals surface area contributed by atoms with Gasteiger partial charge >= 0.3 is 5.69 Å². The van der Waals surface area contributed by atoms with E-state index in [1.165, 1.54) is 35.3 Å². The standard InChI is InChI=1S/C9H6N3O3/c13-8-3-1-2-7(9(8)12(14)15)11-5-4-10-6-11/h1-6H. The Bertz CT molecular complexity index is 493. The van der Waals surface area contributed by atoms with Gasteiger partial charge in [-0.3, -0.25) is 15.2 Å². The van der Waals surface area contributed by atoms with Crippen molar-refractivity contribution >= 4 is 5.69 Å². The zero-order chi connectivity index (χ0) is 10.8. The number of rotatable bonds is 2. The number of benzene rings is 1. The first kappa shape index (κ1) is 9.20.